The number of rotatable bonds is 4. The molecule has 0 aromatic heterocycles. The molecule has 5 heteroatoms. The molecule has 1 amide bonds. The Labute approximate surface area is 118 Å². The third kappa shape index (κ3) is 3.85. The number of nitrogens with two attached hydrogens (primary N) is 1. The van der Waals surface area contributed by atoms with Crippen LogP contribution in [0.1, 0.15) is 32.6 Å². The van der Waals surface area contributed by atoms with E-state index in [-0.39, 0.29) is 11.9 Å². The number of carbonyl (C=O) groups excluding carboxylic acids is 1. The van der Waals surface area contributed by atoms with Gasteiger partial charge in [0.2, 0.25) is 5.91 Å². The number of nitrogens with one attached hydrogen (secondary N) is 2. The lowest BCUT2D eigenvalue weighted by molar-refractivity contribution is -0.115. The van der Waals surface area contributed by atoms with E-state index in [4.69, 9.17) is 17.3 Å². The zero-order valence-corrected chi connectivity index (χ0v) is 11.8. The standard InChI is InChI=1S/C14H20ClN3O/c1-2-14(19)18-11-5-6-12(15)13(8-11)17-10-4-3-9(16)7-10/h5-6,8-10,17H,2-4,7,16H2,1H3,(H,18,19). The van der Waals surface area contributed by atoms with E-state index in [0.717, 1.165) is 30.6 Å². The fraction of sp³-hybridized carbons (Fsp3) is 0.500. The van der Waals surface area contributed by atoms with Gasteiger partial charge in [0.25, 0.3) is 0 Å². The van der Waals surface area contributed by atoms with Crippen LogP contribution in [0.2, 0.25) is 5.02 Å². The quantitative estimate of drug-likeness (QED) is 0.795. The first-order valence-electron chi connectivity index (χ1n) is 6.70. The van der Waals surface area contributed by atoms with Crippen molar-refractivity contribution in [2.24, 2.45) is 5.73 Å². The van der Waals surface area contributed by atoms with Crippen molar-refractivity contribution in [2.75, 3.05) is 10.6 Å². The molecular formula is C14H20ClN3O. The molecule has 0 aliphatic heterocycles. The number of hydrogen-bond acceptors (Lipinski definition) is 3. The van der Waals surface area contributed by atoms with Crippen molar-refractivity contribution in [3.63, 3.8) is 0 Å². The van der Waals surface area contributed by atoms with Crippen molar-refractivity contribution in [3.05, 3.63) is 23.2 Å². The van der Waals surface area contributed by atoms with Crippen LogP contribution in [-0.2, 0) is 4.79 Å². The van der Waals surface area contributed by atoms with Crippen LogP contribution in [0.3, 0.4) is 0 Å². The molecule has 0 radical (unpaired) electrons. The van der Waals surface area contributed by atoms with E-state index in [1.165, 1.54) is 0 Å². The molecule has 1 fully saturated rings. The van der Waals surface area contributed by atoms with Crippen LogP contribution in [0.25, 0.3) is 0 Å². The Morgan fingerprint density at radius 1 is 1.47 bits per heavy atom. The van der Waals surface area contributed by atoms with Crippen LogP contribution in [0.15, 0.2) is 18.2 Å². The largest absolute Gasteiger partial charge is 0.381 e. The predicted octanol–water partition coefficient (Wildman–Crippen LogP) is 2.98. The second-order valence-corrected chi connectivity index (χ2v) is 5.42. The van der Waals surface area contributed by atoms with Gasteiger partial charge in [0.1, 0.15) is 0 Å². The summed E-state index contributed by atoms with van der Waals surface area (Å²) in [6.45, 7) is 1.82. The summed E-state index contributed by atoms with van der Waals surface area (Å²) in [4.78, 5) is 11.4. The van der Waals surface area contributed by atoms with Crippen molar-refractivity contribution in [1.29, 1.82) is 0 Å². The minimum absolute atomic E-state index is 0.00355. The van der Waals surface area contributed by atoms with E-state index in [1.807, 2.05) is 19.1 Å². The average Bonchev–Trinajstić information content (AvgIpc) is 2.79. The van der Waals surface area contributed by atoms with Gasteiger partial charge in [0.05, 0.1) is 10.7 Å². The third-order valence-corrected chi connectivity index (χ3v) is 3.73. The van der Waals surface area contributed by atoms with E-state index in [2.05, 4.69) is 10.6 Å². The highest BCUT2D eigenvalue weighted by Gasteiger charge is 2.22. The molecule has 1 aromatic rings. The smallest absolute Gasteiger partial charge is 0.224 e. The number of amides is 1. The van der Waals surface area contributed by atoms with Crippen molar-refractivity contribution in [1.82, 2.24) is 0 Å². The fourth-order valence-corrected chi connectivity index (χ4v) is 2.50. The Morgan fingerprint density at radius 2 is 2.26 bits per heavy atom. The number of anilines is 2. The van der Waals surface area contributed by atoms with Crippen molar-refractivity contribution in [2.45, 2.75) is 44.7 Å². The van der Waals surface area contributed by atoms with E-state index in [0.29, 0.717) is 17.5 Å². The maximum absolute atomic E-state index is 11.4. The minimum atomic E-state index is -0.00355. The van der Waals surface area contributed by atoms with E-state index in [1.54, 1.807) is 6.07 Å². The normalized spacial score (nSPS) is 22.3. The molecule has 0 bridgehead atoms. The summed E-state index contributed by atoms with van der Waals surface area (Å²) in [5, 5.41) is 6.90. The molecule has 2 atom stereocenters. The molecule has 0 spiro atoms. The molecule has 2 rings (SSSR count). The summed E-state index contributed by atoms with van der Waals surface area (Å²) < 4.78 is 0. The monoisotopic (exact) mass is 281 g/mol. The Morgan fingerprint density at radius 3 is 2.89 bits per heavy atom. The van der Waals surface area contributed by atoms with Gasteiger partial charge in [0.15, 0.2) is 0 Å². The lowest BCUT2D eigenvalue weighted by atomic mass is 10.2. The maximum atomic E-state index is 11.4. The second-order valence-electron chi connectivity index (χ2n) is 5.01. The van der Waals surface area contributed by atoms with Gasteiger partial charge >= 0.3 is 0 Å². The Hall–Kier alpha value is -1.26. The van der Waals surface area contributed by atoms with E-state index in [9.17, 15) is 4.79 Å². The Bertz CT molecular complexity index is 464. The SMILES string of the molecule is CCC(=O)Nc1ccc(Cl)c(NC2CCC(N)C2)c1. The van der Waals surface area contributed by atoms with Crippen LogP contribution < -0.4 is 16.4 Å². The topological polar surface area (TPSA) is 67.2 Å². The van der Waals surface area contributed by atoms with Gasteiger partial charge in [-0.3, -0.25) is 4.79 Å². The zero-order chi connectivity index (χ0) is 13.8. The average molecular weight is 282 g/mol. The first-order valence-corrected chi connectivity index (χ1v) is 7.07. The predicted molar refractivity (Wildman–Crippen MR) is 79.6 cm³/mol. The van der Waals surface area contributed by atoms with Gasteiger partial charge in [-0.2, -0.15) is 0 Å². The van der Waals surface area contributed by atoms with Crippen LogP contribution in [0.5, 0.6) is 0 Å². The van der Waals surface area contributed by atoms with Gasteiger partial charge in [-0.25, -0.2) is 0 Å². The number of carbonyl (C=O) groups is 1. The maximum Gasteiger partial charge on any atom is 0.224 e. The van der Waals surface area contributed by atoms with E-state index < -0.39 is 0 Å². The van der Waals surface area contributed by atoms with Gasteiger partial charge in [0, 0.05) is 24.2 Å². The second kappa shape index (κ2) is 6.26. The molecule has 1 aromatic carbocycles. The highest BCUT2D eigenvalue weighted by Crippen LogP contribution is 2.29. The zero-order valence-electron chi connectivity index (χ0n) is 11.1. The molecule has 4 nitrogen and oxygen atoms in total. The summed E-state index contributed by atoms with van der Waals surface area (Å²) >= 11 is 6.18. The number of hydrogen-bond donors (Lipinski definition) is 3. The van der Waals surface area contributed by atoms with Crippen LogP contribution in [0.4, 0.5) is 11.4 Å². The van der Waals surface area contributed by atoms with Gasteiger partial charge in [-0.05, 0) is 37.5 Å². The fourth-order valence-electron chi connectivity index (χ4n) is 2.33. The lowest BCUT2D eigenvalue weighted by Crippen LogP contribution is -2.21. The third-order valence-electron chi connectivity index (χ3n) is 3.40. The summed E-state index contributed by atoms with van der Waals surface area (Å²) in [6.07, 6.45) is 3.52. The highest BCUT2D eigenvalue weighted by atomic mass is 35.5. The molecular weight excluding hydrogens is 262 g/mol. The van der Waals surface area contributed by atoms with Crippen molar-refractivity contribution >= 4 is 28.9 Å². The minimum Gasteiger partial charge on any atom is -0.381 e. The lowest BCUT2D eigenvalue weighted by Gasteiger charge is -2.16. The van der Waals surface area contributed by atoms with Gasteiger partial charge in [-0.1, -0.05) is 18.5 Å². The summed E-state index contributed by atoms with van der Waals surface area (Å²) in [6, 6.07) is 6.12. The van der Waals surface area contributed by atoms with E-state index >= 15 is 0 Å². The first kappa shape index (κ1) is 14.2. The first-order chi connectivity index (χ1) is 9.08. The summed E-state index contributed by atoms with van der Waals surface area (Å²) in [5.41, 5.74) is 7.52. The molecule has 1 aliphatic carbocycles. The van der Waals surface area contributed by atoms with Crippen LogP contribution >= 0.6 is 11.6 Å². The molecule has 19 heavy (non-hydrogen) atoms. The number of halogens is 1. The molecule has 0 heterocycles. The molecule has 104 valence electrons. The molecule has 2 unspecified atom stereocenters. The van der Waals surface area contributed by atoms with Crippen molar-refractivity contribution in [3.8, 4) is 0 Å². The highest BCUT2D eigenvalue weighted by molar-refractivity contribution is 6.33. The van der Waals surface area contributed by atoms with Gasteiger partial charge in [-0.15, -0.1) is 0 Å². The summed E-state index contributed by atoms with van der Waals surface area (Å²) in [7, 11) is 0. The van der Waals surface area contributed by atoms with Crippen molar-refractivity contribution < 1.29 is 4.79 Å². The molecule has 1 aliphatic rings. The Kier molecular flexibility index (Phi) is 4.66. The number of benzene rings is 1. The van der Waals surface area contributed by atoms with Crippen LogP contribution in [-0.4, -0.2) is 18.0 Å². The molecule has 4 N–H and O–H groups in total. The van der Waals surface area contributed by atoms with Gasteiger partial charge < -0.3 is 16.4 Å². The van der Waals surface area contributed by atoms with Crippen LogP contribution in [0, 0.1) is 0 Å². The summed E-state index contributed by atoms with van der Waals surface area (Å²) in [5.74, 6) is -0.00355. The Balaban J connectivity index is 2.06. The molecule has 1 saturated carbocycles. The molecule has 0 saturated heterocycles.